The van der Waals surface area contributed by atoms with Crippen LogP contribution in [0.25, 0.3) is 0 Å². The number of amides is 1. The second-order valence-corrected chi connectivity index (χ2v) is 8.60. The van der Waals surface area contributed by atoms with Crippen molar-refractivity contribution in [1.82, 2.24) is 13.5 Å². The molecule has 8 nitrogen and oxygen atoms in total. The van der Waals surface area contributed by atoms with Crippen LogP contribution in [0.4, 0.5) is 4.79 Å². The third-order valence-electron chi connectivity index (χ3n) is 4.85. The van der Waals surface area contributed by atoms with Crippen LogP contribution in [0.2, 0.25) is 0 Å². The number of nitrogens with two attached hydrogens (primary N) is 1. The van der Waals surface area contributed by atoms with Gasteiger partial charge < -0.3 is 15.4 Å². The van der Waals surface area contributed by atoms with Gasteiger partial charge in [-0.15, -0.1) is 0 Å². The topological polar surface area (TPSA) is 96.2 Å². The minimum absolute atomic E-state index is 0.0812. The van der Waals surface area contributed by atoms with E-state index in [1.54, 1.807) is 4.90 Å². The molecule has 2 heterocycles. The van der Waals surface area contributed by atoms with Gasteiger partial charge >= 0.3 is 6.09 Å². The van der Waals surface area contributed by atoms with Gasteiger partial charge in [0.1, 0.15) is 6.61 Å². The minimum Gasteiger partial charge on any atom is -0.445 e. The van der Waals surface area contributed by atoms with E-state index in [1.165, 1.54) is 8.61 Å². The molecule has 9 heteroatoms. The Hall–Kier alpha value is -1.68. The molecule has 1 aromatic carbocycles. The van der Waals surface area contributed by atoms with E-state index in [9.17, 15) is 13.2 Å². The quantitative estimate of drug-likeness (QED) is 0.823. The average Bonchev–Trinajstić information content (AvgIpc) is 2.67. The van der Waals surface area contributed by atoms with Gasteiger partial charge in [0.2, 0.25) is 0 Å². The Labute approximate surface area is 154 Å². The smallest absolute Gasteiger partial charge is 0.410 e. The molecule has 0 atom stereocenters. The second-order valence-electron chi connectivity index (χ2n) is 6.67. The van der Waals surface area contributed by atoms with Crippen molar-refractivity contribution < 1.29 is 17.9 Å². The van der Waals surface area contributed by atoms with Crippen molar-refractivity contribution in [3.63, 3.8) is 0 Å². The Balaban J connectivity index is 1.48. The van der Waals surface area contributed by atoms with E-state index < -0.39 is 16.3 Å². The largest absolute Gasteiger partial charge is 0.445 e. The number of piperazine rings is 1. The molecule has 0 bridgehead atoms. The van der Waals surface area contributed by atoms with Gasteiger partial charge in [0.05, 0.1) is 0 Å². The molecule has 144 valence electrons. The number of carbonyl (C=O) groups excluding carboxylic acids is 1. The van der Waals surface area contributed by atoms with Crippen molar-refractivity contribution >= 4 is 16.3 Å². The molecule has 3 rings (SSSR count). The van der Waals surface area contributed by atoms with E-state index in [4.69, 9.17) is 10.5 Å². The van der Waals surface area contributed by atoms with Gasteiger partial charge in [-0.05, 0) is 18.4 Å². The Morgan fingerprint density at radius 2 is 1.58 bits per heavy atom. The molecule has 2 saturated heterocycles. The van der Waals surface area contributed by atoms with E-state index in [0.29, 0.717) is 39.0 Å². The molecule has 0 saturated carbocycles. The molecule has 0 radical (unpaired) electrons. The fourth-order valence-electron chi connectivity index (χ4n) is 3.18. The van der Waals surface area contributed by atoms with Crippen LogP contribution < -0.4 is 5.73 Å². The normalized spacial score (nSPS) is 20.9. The summed E-state index contributed by atoms with van der Waals surface area (Å²) < 4.78 is 33.7. The van der Waals surface area contributed by atoms with Gasteiger partial charge in [-0.2, -0.15) is 17.0 Å². The van der Waals surface area contributed by atoms with Crippen molar-refractivity contribution in [2.45, 2.75) is 25.5 Å². The van der Waals surface area contributed by atoms with Crippen LogP contribution in [-0.2, 0) is 21.6 Å². The molecule has 0 aliphatic carbocycles. The van der Waals surface area contributed by atoms with Crippen LogP contribution in [0.15, 0.2) is 30.3 Å². The fourth-order valence-corrected chi connectivity index (χ4v) is 4.81. The Morgan fingerprint density at radius 1 is 1.00 bits per heavy atom. The Bertz CT molecular complexity index is 697. The SMILES string of the molecule is NC1CCN(S(=O)(=O)N2CCN(C(=O)OCc3ccccc3)CC2)CC1. The van der Waals surface area contributed by atoms with Crippen LogP contribution in [0.5, 0.6) is 0 Å². The zero-order chi connectivity index (χ0) is 18.6. The first kappa shape index (κ1) is 19.1. The number of piperidine rings is 1. The summed E-state index contributed by atoms with van der Waals surface area (Å²) >= 11 is 0. The first-order chi connectivity index (χ1) is 12.5. The van der Waals surface area contributed by atoms with E-state index in [1.807, 2.05) is 30.3 Å². The molecule has 1 aromatic rings. The molecule has 2 N–H and O–H groups in total. The van der Waals surface area contributed by atoms with Gasteiger partial charge in [-0.25, -0.2) is 4.79 Å². The van der Waals surface area contributed by atoms with Crippen molar-refractivity contribution in [2.24, 2.45) is 5.73 Å². The number of rotatable bonds is 4. The summed E-state index contributed by atoms with van der Waals surface area (Å²) in [6, 6.07) is 9.55. The third kappa shape index (κ3) is 4.53. The molecular weight excluding hydrogens is 356 g/mol. The van der Waals surface area contributed by atoms with Crippen molar-refractivity contribution in [3.05, 3.63) is 35.9 Å². The van der Waals surface area contributed by atoms with Crippen LogP contribution in [-0.4, -0.2) is 73.3 Å². The molecule has 1 amide bonds. The number of hydrogen-bond donors (Lipinski definition) is 1. The van der Waals surface area contributed by atoms with E-state index in [2.05, 4.69) is 0 Å². The highest BCUT2D eigenvalue weighted by Crippen LogP contribution is 2.18. The van der Waals surface area contributed by atoms with Gasteiger partial charge in [-0.1, -0.05) is 30.3 Å². The van der Waals surface area contributed by atoms with Crippen LogP contribution >= 0.6 is 0 Å². The monoisotopic (exact) mass is 382 g/mol. The molecular formula is C17H26N4O4S. The molecule has 26 heavy (non-hydrogen) atoms. The summed E-state index contributed by atoms with van der Waals surface area (Å²) in [6.07, 6.45) is 0.963. The van der Waals surface area contributed by atoms with Crippen LogP contribution in [0.3, 0.4) is 0 Å². The van der Waals surface area contributed by atoms with Crippen LogP contribution in [0.1, 0.15) is 18.4 Å². The summed E-state index contributed by atoms with van der Waals surface area (Å²) in [6.45, 7) is 2.37. The lowest BCUT2D eigenvalue weighted by molar-refractivity contribution is 0.0828. The lowest BCUT2D eigenvalue weighted by Gasteiger charge is -2.38. The first-order valence-corrected chi connectivity index (χ1v) is 10.3. The highest BCUT2D eigenvalue weighted by atomic mass is 32.2. The number of hydrogen-bond acceptors (Lipinski definition) is 5. The molecule has 0 aromatic heterocycles. The average molecular weight is 382 g/mol. The maximum Gasteiger partial charge on any atom is 0.410 e. The predicted molar refractivity (Wildman–Crippen MR) is 97.5 cm³/mol. The minimum atomic E-state index is -3.48. The van der Waals surface area contributed by atoms with Gasteiger partial charge in [-0.3, -0.25) is 0 Å². The van der Waals surface area contributed by atoms with Gasteiger partial charge in [0, 0.05) is 45.3 Å². The molecule has 2 aliphatic rings. The highest BCUT2D eigenvalue weighted by molar-refractivity contribution is 7.86. The molecule has 2 fully saturated rings. The van der Waals surface area contributed by atoms with E-state index >= 15 is 0 Å². The lowest BCUT2D eigenvalue weighted by atomic mass is 10.1. The summed E-state index contributed by atoms with van der Waals surface area (Å²) in [5.74, 6) is 0. The zero-order valence-electron chi connectivity index (χ0n) is 14.8. The maximum atomic E-state index is 12.7. The summed E-state index contributed by atoms with van der Waals surface area (Å²) in [7, 11) is -3.48. The first-order valence-electron chi connectivity index (χ1n) is 8.93. The molecule has 0 unspecified atom stereocenters. The van der Waals surface area contributed by atoms with E-state index in [-0.39, 0.29) is 25.7 Å². The summed E-state index contributed by atoms with van der Waals surface area (Å²) in [5, 5.41) is 0. The number of ether oxygens (including phenoxy) is 1. The van der Waals surface area contributed by atoms with E-state index in [0.717, 1.165) is 5.56 Å². The Morgan fingerprint density at radius 3 is 2.19 bits per heavy atom. The summed E-state index contributed by atoms with van der Waals surface area (Å²) in [4.78, 5) is 13.7. The molecule has 2 aliphatic heterocycles. The van der Waals surface area contributed by atoms with Crippen molar-refractivity contribution in [2.75, 3.05) is 39.3 Å². The third-order valence-corrected chi connectivity index (χ3v) is 6.89. The van der Waals surface area contributed by atoms with Crippen molar-refractivity contribution in [1.29, 1.82) is 0 Å². The second kappa shape index (κ2) is 8.34. The number of benzene rings is 1. The Kier molecular flexibility index (Phi) is 6.13. The standard InChI is InChI=1S/C17H26N4O4S/c18-16-6-8-20(9-7-16)26(23,24)21-12-10-19(11-13-21)17(22)25-14-15-4-2-1-3-5-15/h1-5,16H,6-14,18H2. The number of carbonyl (C=O) groups is 1. The van der Waals surface area contributed by atoms with Crippen molar-refractivity contribution in [3.8, 4) is 0 Å². The molecule has 0 spiro atoms. The van der Waals surface area contributed by atoms with Gasteiger partial charge in [0.25, 0.3) is 10.2 Å². The maximum absolute atomic E-state index is 12.7. The number of nitrogens with zero attached hydrogens (tertiary/aromatic N) is 3. The lowest BCUT2D eigenvalue weighted by Crippen LogP contribution is -2.55. The summed E-state index contributed by atoms with van der Waals surface area (Å²) in [5.41, 5.74) is 6.77. The van der Waals surface area contributed by atoms with Crippen LogP contribution in [0, 0.1) is 0 Å². The zero-order valence-corrected chi connectivity index (χ0v) is 15.6. The highest BCUT2D eigenvalue weighted by Gasteiger charge is 2.35. The fraction of sp³-hybridized carbons (Fsp3) is 0.588. The van der Waals surface area contributed by atoms with Gasteiger partial charge in [0.15, 0.2) is 0 Å². The predicted octanol–water partition coefficient (Wildman–Crippen LogP) is 0.609.